The van der Waals surface area contributed by atoms with Crippen molar-refractivity contribution in [2.45, 2.75) is 19.5 Å². The number of nitrogen functional groups attached to an aromatic ring is 1. The number of ether oxygens (including phenoxy) is 1. The predicted molar refractivity (Wildman–Crippen MR) is 74.1 cm³/mol. The Hall–Kier alpha value is -1.90. The molecule has 0 bridgehead atoms. The number of amides is 2. The topological polar surface area (TPSA) is 110 Å². The van der Waals surface area contributed by atoms with E-state index in [-0.39, 0.29) is 5.91 Å². The van der Waals surface area contributed by atoms with Crippen molar-refractivity contribution in [2.75, 3.05) is 26.3 Å². The molecule has 2 heterocycles. The maximum absolute atomic E-state index is 12.0. The Morgan fingerprint density at radius 3 is 3.05 bits per heavy atom. The number of nitrogens with zero attached hydrogens (tertiary/aromatic N) is 1. The molecule has 8 heteroatoms. The van der Waals surface area contributed by atoms with Gasteiger partial charge in [-0.15, -0.1) is 0 Å². The van der Waals surface area contributed by atoms with E-state index in [0.717, 1.165) is 0 Å². The van der Waals surface area contributed by atoms with Crippen molar-refractivity contribution in [3.63, 3.8) is 0 Å². The van der Waals surface area contributed by atoms with E-state index in [1.807, 2.05) is 11.8 Å². The molecule has 0 radical (unpaired) electrons. The number of morpholine rings is 1. The second kappa shape index (κ2) is 7.21. The predicted octanol–water partition coefficient (Wildman–Crippen LogP) is -0.780. The number of likely N-dealkylation sites (N-methyl/N-ethyl adjacent to an activating group) is 1. The largest absolute Gasteiger partial charge is 0.467 e. The first kappa shape index (κ1) is 15.5. The quantitative estimate of drug-likeness (QED) is 0.373. The Morgan fingerprint density at radius 2 is 2.33 bits per heavy atom. The maximum atomic E-state index is 12.0. The van der Waals surface area contributed by atoms with E-state index >= 15 is 0 Å². The van der Waals surface area contributed by atoms with Gasteiger partial charge in [-0.1, -0.05) is 0 Å². The van der Waals surface area contributed by atoms with Crippen LogP contribution in [-0.2, 0) is 16.1 Å². The molecule has 1 aromatic heterocycles. The third-order valence-corrected chi connectivity index (χ3v) is 3.36. The molecule has 2 amide bonds. The summed E-state index contributed by atoms with van der Waals surface area (Å²) in [6.45, 7) is 4.22. The van der Waals surface area contributed by atoms with Gasteiger partial charge in [0.05, 0.1) is 31.6 Å². The number of hydrogen-bond acceptors (Lipinski definition) is 6. The third kappa shape index (κ3) is 3.60. The van der Waals surface area contributed by atoms with Crippen molar-refractivity contribution in [2.24, 2.45) is 5.84 Å². The Balaban J connectivity index is 2.11. The van der Waals surface area contributed by atoms with E-state index in [2.05, 4.69) is 10.7 Å². The third-order valence-electron chi connectivity index (χ3n) is 3.36. The Kier molecular flexibility index (Phi) is 5.32. The number of nitrogens with one attached hydrogen (secondary N) is 2. The monoisotopic (exact) mass is 296 g/mol. The highest BCUT2D eigenvalue weighted by Crippen LogP contribution is 2.17. The average Bonchev–Trinajstić information content (AvgIpc) is 2.95. The van der Waals surface area contributed by atoms with Gasteiger partial charge in [0, 0.05) is 13.1 Å². The second-order valence-corrected chi connectivity index (χ2v) is 4.69. The first-order valence-electron chi connectivity index (χ1n) is 6.84. The van der Waals surface area contributed by atoms with E-state index in [1.54, 1.807) is 6.07 Å². The van der Waals surface area contributed by atoms with Crippen molar-refractivity contribution >= 4 is 11.8 Å². The standard InChI is InChI=1S/C13H20N4O4/c1-2-15-13(19)10-8-20-6-4-17(10)7-11-9(3-5-21-11)12(18)16-14/h3,5,10H,2,4,6-8,14H2,1H3,(H,15,19)(H,16,18). The molecule has 1 saturated heterocycles. The fourth-order valence-electron chi connectivity index (χ4n) is 2.29. The van der Waals surface area contributed by atoms with E-state index < -0.39 is 11.9 Å². The summed E-state index contributed by atoms with van der Waals surface area (Å²) < 4.78 is 10.7. The molecule has 1 atom stereocenters. The normalized spacial score (nSPS) is 19.2. The molecule has 1 aliphatic rings. The number of carbonyl (C=O) groups excluding carboxylic acids is 2. The van der Waals surface area contributed by atoms with Crippen molar-refractivity contribution < 1.29 is 18.7 Å². The Labute approximate surface area is 122 Å². The van der Waals surface area contributed by atoms with Gasteiger partial charge in [0.1, 0.15) is 11.8 Å². The van der Waals surface area contributed by atoms with Crippen LogP contribution < -0.4 is 16.6 Å². The molecule has 0 aliphatic carbocycles. The summed E-state index contributed by atoms with van der Waals surface area (Å²) in [5, 5.41) is 2.78. The molecule has 1 unspecified atom stereocenters. The van der Waals surface area contributed by atoms with Gasteiger partial charge >= 0.3 is 0 Å². The Bertz CT molecular complexity index is 502. The molecule has 1 fully saturated rings. The first-order chi connectivity index (χ1) is 10.2. The van der Waals surface area contributed by atoms with Gasteiger partial charge in [0.2, 0.25) is 5.91 Å². The molecule has 4 N–H and O–H groups in total. The number of hydrogen-bond donors (Lipinski definition) is 3. The number of hydrazine groups is 1. The minimum atomic E-state index is -0.415. The Morgan fingerprint density at radius 1 is 1.52 bits per heavy atom. The van der Waals surface area contributed by atoms with Gasteiger partial charge < -0.3 is 14.5 Å². The van der Waals surface area contributed by atoms with E-state index in [9.17, 15) is 9.59 Å². The molecule has 21 heavy (non-hydrogen) atoms. The van der Waals surface area contributed by atoms with Gasteiger partial charge in [-0.2, -0.15) is 0 Å². The molecule has 1 aromatic rings. The number of rotatable bonds is 5. The van der Waals surface area contributed by atoms with E-state index in [1.165, 1.54) is 6.26 Å². The summed E-state index contributed by atoms with van der Waals surface area (Å²) in [6, 6.07) is 1.16. The number of nitrogens with two attached hydrogens (primary N) is 1. The summed E-state index contributed by atoms with van der Waals surface area (Å²) >= 11 is 0. The van der Waals surface area contributed by atoms with Gasteiger partial charge in [0.25, 0.3) is 5.91 Å². The summed E-state index contributed by atoms with van der Waals surface area (Å²) in [4.78, 5) is 25.6. The summed E-state index contributed by atoms with van der Waals surface area (Å²) in [5.41, 5.74) is 2.45. The van der Waals surface area contributed by atoms with Crippen LogP contribution in [0, 0.1) is 0 Å². The molecule has 0 spiro atoms. The maximum Gasteiger partial charge on any atom is 0.268 e. The number of carbonyl (C=O) groups is 2. The lowest BCUT2D eigenvalue weighted by molar-refractivity contribution is -0.133. The van der Waals surface area contributed by atoms with Gasteiger partial charge in [0.15, 0.2) is 0 Å². The zero-order chi connectivity index (χ0) is 15.2. The average molecular weight is 296 g/mol. The van der Waals surface area contributed by atoms with Gasteiger partial charge in [-0.05, 0) is 13.0 Å². The van der Waals surface area contributed by atoms with Crippen molar-refractivity contribution in [1.29, 1.82) is 0 Å². The zero-order valence-electron chi connectivity index (χ0n) is 11.9. The molecule has 8 nitrogen and oxygen atoms in total. The fourth-order valence-corrected chi connectivity index (χ4v) is 2.29. The van der Waals surface area contributed by atoms with Crippen LogP contribution in [0.2, 0.25) is 0 Å². The minimum Gasteiger partial charge on any atom is -0.467 e. The lowest BCUT2D eigenvalue weighted by Crippen LogP contribution is -2.53. The lowest BCUT2D eigenvalue weighted by Gasteiger charge is -2.33. The second-order valence-electron chi connectivity index (χ2n) is 4.69. The molecule has 0 aromatic carbocycles. The van der Waals surface area contributed by atoms with Crippen LogP contribution >= 0.6 is 0 Å². The molecular weight excluding hydrogens is 276 g/mol. The van der Waals surface area contributed by atoms with Crippen LogP contribution in [0.5, 0.6) is 0 Å². The molecule has 116 valence electrons. The first-order valence-corrected chi connectivity index (χ1v) is 6.84. The molecule has 0 saturated carbocycles. The lowest BCUT2D eigenvalue weighted by atomic mass is 10.1. The summed E-state index contributed by atoms with van der Waals surface area (Å²) in [6.07, 6.45) is 1.43. The van der Waals surface area contributed by atoms with E-state index in [4.69, 9.17) is 15.0 Å². The van der Waals surface area contributed by atoms with Gasteiger partial charge in [-0.25, -0.2) is 5.84 Å². The van der Waals surface area contributed by atoms with Crippen LogP contribution in [0.3, 0.4) is 0 Å². The summed E-state index contributed by atoms with van der Waals surface area (Å²) in [5.74, 6) is 5.12. The van der Waals surface area contributed by atoms with Crippen molar-refractivity contribution in [3.05, 3.63) is 23.7 Å². The van der Waals surface area contributed by atoms with Crippen LogP contribution in [0.4, 0.5) is 0 Å². The number of furan rings is 1. The van der Waals surface area contributed by atoms with Crippen LogP contribution in [0.15, 0.2) is 16.7 Å². The van der Waals surface area contributed by atoms with Crippen molar-refractivity contribution in [1.82, 2.24) is 15.6 Å². The SMILES string of the molecule is CCNC(=O)C1COCCN1Cc1occc1C(=O)NN. The van der Waals surface area contributed by atoms with Crippen LogP contribution in [0.1, 0.15) is 23.0 Å². The van der Waals surface area contributed by atoms with E-state index in [0.29, 0.717) is 44.2 Å². The summed E-state index contributed by atoms with van der Waals surface area (Å²) in [7, 11) is 0. The van der Waals surface area contributed by atoms with Crippen molar-refractivity contribution in [3.8, 4) is 0 Å². The van der Waals surface area contributed by atoms with Crippen LogP contribution in [0.25, 0.3) is 0 Å². The zero-order valence-corrected chi connectivity index (χ0v) is 11.9. The molecule has 2 rings (SSSR count). The molecule has 1 aliphatic heterocycles. The van der Waals surface area contributed by atoms with Gasteiger partial charge in [-0.3, -0.25) is 19.9 Å². The highest BCUT2D eigenvalue weighted by atomic mass is 16.5. The fraction of sp³-hybridized carbons (Fsp3) is 0.538. The minimum absolute atomic E-state index is 0.0893. The van der Waals surface area contributed by atoms with Crippen LogP contribution in [-0.4, -0.2) is 49.1 Å². The molecular formula is C13H20N4O4. The smallest absolute Gasteiger partial charge is 0.268 e. The highest BCUT2D eigenvalue weighted by molar-refractivity contribution is 5.94. The highest BCUT2D eigenvalue weighted by Gasteiger charge is 2.30.